The van der Waals surface area contributed by atoms with E-state index in [9.17, 15) is 4.79 Å². The lowest BCUT2D eigenvalue weighted by molar-refractivity contribution is 0.617. The molecule has 3 N–H and O–H groups in total. The first kappa shape index (κ1) is 18.1. The quantitative estimate of drug-likeness (QED) is 0.633. The van der Waals surface area contributed by atoms with Crippen LogP contribution in [0.1, 0.15) is 45.4 Å². The van der Waals surface area contributed by atoms with Gasteiger partial charge in [-0.3, -0.25) is 4.79 Å². The number of benzene rings is 1. The lowest BCUT2D eigenvalue weighted by atomic mass is 10.1. The Morgan fingerprint density at radius 2 is 1.38 bits per heavy atom. The first-order valence-corrected chi connectivity index (χ1v) is 8.95. The molecule has 0 aliphatic heterocycles. The third kappa shape index (κ3) is 5.73. The van der Waals surface area contributed by atoms with Gasteiger partial charge >= 0.3 is 0 Å². The Balaban J connectivity index is 1.85. The van der Waals surface area contributed by atoms with Gasteiger partial charge in [-0.05, 0) is 41.8 Å². The van der Waals surface area contributed by atoms with Crippen LogP contribution in [-0.2, 0) is 0 Å². The van der Waals surface area contributed by atoms with E-state index in [-0.39, 0.29) is 11.1 Å². The van der Waals surface area contributed by atoms with Gasteiger partial charge in [-0.15, -0.1) is 0 Å². The van der Waals surface area contributed by atoms with Gasteiger partial charge in [-0.2, -0.15) is 0 Å². The maximum Gasteiger partial charge on any atom is 0.201 e. The molecule has 0 aliphatic rings. The average Bonchev–Trinajstić information content (AvgIpc) is 2.77. The summed E-state index contributed by atoms with van der Waals surface area (Å²) in [6.45, 7) is 3.26. The normalized spacial score (nSPS) is 10.5. The van der Waals surface area contributed by atoms with Crippen molar-refractivity contribution < 1.29 is 0 Å². The second-order valence-corrected chi connectivity index (χ2v) is 6.21. The number of nitrogens with one attached hydrogen (secondary N) is 1. The fourth-order valence-electron chi connectivity index (χ4n) is 2.69. The highest BCUT2D eigenvalue weighted by molar-refractivity contribution is 5.66. The fraction of sp³-hybridized carbons (Fsp3) is 0.381. The molecular formula is C21H28N2O. The van der Waals surface area contributed by atoms with Crippen molar-refractivity contribution in [3.8, 4) is 11.1 Å². The van der Waals surface area contributed by atoms with Crippen molar-refractivity contribution in [3.05, 3.63) is 58.8 Å². The Morgan fingerprint density at radius 3 is 2.08 bits per heavy atom. The molecular weight excluding hydrogens is 296 g/mol. The maximum atomic E-state index is 11.6. The molecule has 2 rings (SSSR count). The average molecular weight is 324 g/mol. The van der Waals surface area contributed by atoms with Crippen molar-refractivity contribution in [2.75, 3.05) is 17.6 Å². The van der Waals surface area contributed by atoms with Gasteiger partial charge in [0.25, 0.3) is 0 Å². The third-order valence-corrected chi connectivity index (χ3v) is 4.22. The molecule has 2 aromatic carbocycles. The zero-order valence-corrected chi connectivity index (χ0v) is 14.6. The van der Waals surface area contributed by atoms with E-state index in [4.69, 9.17) is 5.73 Å². The summed E-state index contributed by atoms with van der Waals surface area (Å²) in [7, 11) is 0. The number of hydrogen-bond donors (Lipinski definition) is 2. The van der Waals surface area contributed by atoms with Gasteiger partial charge in [0.15, 0.2) is 0 Å². The van der Waals surface area contributed by atoms with Gasteiger partial charge in [-0.25, -0.2) is 0 Å². The summed E-state index contributed by atoms with van der Waals surface area (Å²) < 4.78 is 0. The van der Waals surface area contributed by atoms with E-state index >= 15 is 0 Å². The zero-order chi connectivity index (χ0) is 17.2. The summed E-state index contributed by atoms with van der Waals surface area (Å²) in [4.78, 5) is 11.6. The lowest BCUT2D eigenvalue weighted by Gasteiger charge is -2.07. The van der Waals surface area contributed by atoms with Crippen LogP contribution in [0.25, 0.3) is 11.1 Å². The SMILES string of the molecule is CCCCCCCCNc1ccc(-c2ccc(N)c(=O)cc2)cc1. The number of nitrogen functional groups attached to an aromatic ring is 1. The molecule has 0 fully saturated rings. The van der Waals surface area contributed by atoms with Crippen molar-refractivity contribution in [1.29, 1.82) is 0 Å². The highest BCUT2D eigenvalue weighted by atomic mass is 16.1. The highest BCUT2D eigenvalue weighted by Crippen LogP contribution is 2.20. The molecule has 3 nitrogen and oxygen atoms in total. The Labute approximate surface area is 144 Å². The minimum absolute atomic E-state index is 0.140. The monoisotopic (exact) mass is 324 g/mol. The predicted molar refractivity (Wildman–Crippen MR) is 104 cm³/mol. The number of unbranched alkanes of at least 4 members (excludes halogenated alkanes) is 5. The van der Waals surface area contributed by atoms with Crippen LogP contribution in [0.3, 0.4) is 0 Å². The van der Waals surface area contributed by atoms with E-state index in [1.807, 2.05) is 12.1 Å². The standard InChI is InChI=1S/C21H28N2O/c1-2-3-4-5-6-7-16-23-19-12-8-17(9-13-19)18-10-14-20(22)21(24)15-11-18/h8-15,23H,2-7,16H2,1H3,(H2,22,24). The number of nitrogens with two attached hydrogens (primary N) is 1. The molecule has 3 heteroatoms. The third-order valence-electron chi connectivity index (χ3n) is 4.22. The van der Waals surface area contributed by atoms with E-state index in [1.165, 1.54) is 44.6 Å². The second kappa shape index (κ2) is 9.76. The molecule has 0 atom stereocenters. The van der Waals surface area contributed by atoms with Crippen LogP contribution >= 0.6 is 0 Å². The second-order valence-electron chi connectivity index (χ2n) is 6.21. The molecule has 0 radical (unpaired) electrons. The minimum Gasteiger partial charge on any atom is -0.396 e. The topological polar surface area (TPSA) is 55.1 Å². The lowest BCUT2D eigenvalue weighted by Crippen LogP contribution is -2.01. The number of rotatable bonds is 9. The van der Waals surface area contributed by atoms with Gasteiger partial charge in [-0.1, -0.05) is 63.3 Å². The molecule has 0 spiro atoms. The van der Waals surface area contributed by atoms with Crippen molar-refractivity contribution in [2.45, 2.75) is 45.4 Å². The summed E-state index contributed by atoms with van der Waals surface area (Å²) >= 11 is 0. The first-order chi connectivity index (χ1) is 11.7. The predicted octanol–water partition coefficient (Wildman–Crippen LogP) is 5.07. The summed E-state index contributed by atoms with van der Waals surface area (Å²) in [6, 6.07) is 15.2. The van der Waals surface area contributed by atoms with Crippen molar-refractivity contribution in [3.63, 3.8) is 0 Å². The van der Waals surface area contributed by atoms with E-state index in [2.05, 4.69) is 36.5 Å². The largest absolute Gasteiger partial charge is 0.396 e. The fourth-order valence-corrected chi connectivity index (χ4v) is 2.69. The minimum atomic E-state index is -0.140. The number of anilines is 2. The zero-order valence-electron chi connectivity index (χ0n) is 14.6. The van der Waals surface area contributed by atoms with Crippen LogP contribution in [-0.4, -0.2) is 6.54 Å². The molecule has 24 heavy (non-hydrogen) atoms. The molecule has 2 aromatic rings. The van der Waals surface area contributed by atoms with Gasteiger partial charge in [0, 0.05) is 12.2 Å². The van der Waals surface area contributed by atoms with Crippen LogP contribution in [0.15, 0.2) is 53.3 Å². The first-order valence-electron chi connectivity index (χ1n) is 8.95. The van der Waals surface area contributed by atoms with Crippen LogP contribution < -0.4 is 16.5 Å². The summed E-state index contributed by atoms with van der Waals surface area (Å²) in [5.74, 6) is 0. The smallest absolute Gasteiger partial charge is 0.201 e. The Hall–Kier alpha value is -2.29. The number of hydrogen-bond acceptors (Lipinski definition) is 3. The summed E-state index contributed by atoms with van der Waals surface area (Å²) in [6.07, 6.45) is 7.86. The Bertz CT molecular complexity index is 680. The van der Waals surface area contributed by atoms with E-state index in [1.54, 1.807) is 6.07 Å². The molecule has 0 heterocycles. The van der Waals surface area contributed by atoms with Crippen LogP contribution in [0.4, 0.5) is 11.4 Å². The Morgan fingerprint density at radius 1 is 0.792 bits per heavy atom. The van der Waals surface area contributed by atoms with Gasteiger partial charge in [0.1, 0.15) is 0 Å². The molecule has 0 saturated carbocycles. The van der Waals surface area contributed by atoms with Crippen molar-refractivity contribution >= 4 is 11.4 Å². The van der Waals surface area contributed by atoms with Crippen LogP contribution in [0.2, 0.25) is 0 Å². The molecule has 0 bridgehead atoms. The van der Waals surface area contributed by atoms with Gasteiger partial charge < -0.3 is 11.1 Å². The van der Waals surface area contributed by atoms with Crippen LogP contribution in [0, 0.1) is 0 Å². The molecule has 0 aliphatic carbocycles. The summed E-state index contributed by atoms with van der Waals surface area (Å²) in [5.41, 5.74) is 9.00. The van der Waals surface area contributed by atoms with E-state index < -0.39 is 0 Å². The van der Waals surface area contributed by atoms with E-state index in [0.29, 0.717) is 0 Å². The van der Waals surface area contributed by atoms with Gasteiger partial charge in [0.2, 0.25) is 5.43 Å². The van der Waals surface area contributed by atoms with Crippen molar-refractivity contribution in [2.24, 2.45) is 0 Å². The van der Waals surface area contributed by atoms with Gasteiger partial charge in [0.05, 0.1) is 5.69 Å². The molecule has 0 amide bonds. The molecule has 0 aromatic heterocycles. The van der Waals surface area contributed by atoms with Crippen LogP contribution in [0.5, 0.6) is 0 Å². The molecule has 0 saturated heterocycles. The van der Waals surface area contributed by atoms with E-state index in [0.717, 1.165) is 23.4 Å². The highest BCUT2D eigenvalue weighted by Gasteiger charge is 1.99. The van der Waals surface area contributed by atoms with Crippen molar-refractivity contribution in [1.82, 2.24) is 0 Å². The maximum absolute atomic E-state index is 11.6. The molecule has 0 unspecified atom stereocenters. The summed E-state index contributed by atoms with van der Waals surface area (Å²) in [5, 5.41) is 3.47. The Kier molecular flexibility index (Phi) is 7.34. The molecule has 128 valence electrons.